The summed E-state index contributed by atoms with van der Waals surface area (Å²) in [6.07, 6.45) is 2.50. The molecule has 0 aliphatic rings. The minimum atomic E-state index is -0.126. The Morgan fingerprint density at radius 3 is 2.54 bits per heavy atom. The van der Waals surface area contributed by atoms with Crippen LogP contribution in [0.4, 0.5) is 0 Å². The van der Waals surface area contributed by atoms with Crippen LogP contribution in [0.1, 0.15) is 41.8 Å². The van der Waals surface area contributed by atoms with Crippen molar-refractivity contribution in [2.45, 2.75) is 46.7 Å². The number of rotatable bonds is 5. The highest BCUT2D eigenvalue weighted by Crippen LogP contribution is 2.22. The highest BCUT2D eigenvalue weighted by molar-refractivity contribution is 9.10. The van der Waals surface area contributed by atoms with Crippen molar-refractivity contribution in [3.8, 4) is 0 Å². The molecule has 0 saturated carbocycles. The van der Waals surface area contributed by atoms with E-state index < -0.39 is 0 Å². The summed E-state index contributed by atoms with van der Waals surface area (Å²) in [5.41, 5.74) is 2.69. The van der Waals surface area contributed by atoms with Gasteiger partial charge in [0, 0.05) is 19.2 Å². The van der Waals surface area contributed by atoms with E-state index >= 15 is 0 Å². The lowest BCUT2D eigenvalue weighted by molar-refractivity contribution is 0.380. The Morgan fingerprint density at radius 2 is 1.96 bits per heavy atom. The SMILES string of the molecule is Cc1nn(C(C)c2nnc(CCn3nc(C)c(Cl)c3C)o2)cc1Br. The van der Waals surface area contributed by atoms with E-state index in [2.05, 4.69) is 36.3 Å². The fourth-order valence-electron chi connectivity index (χ4n) is 2.40. The van der Waals surface area contributed by atoms with Crippen LogP contribution in [0.3, 0.4) is 0 Å². The first-order chi connectivity index (χ1) is 11.4. The molecule has 0 fully saturated rings. The summed E-state index contributed by atoms with van der Waals surface area (Å²) < 4.78 is 10.4. The van der Waals surface area contributed by atoms with Crippen LogP contribution in [0.5, 0.6) is 0 Å². The zero-order valence-corrected chi connectivity index (χ0v) is 16.3. The molecule has 1 atom stereocenters. The molecule has 0 aliphatic carbocycles. The quantitative estimate of drug-likeness (QED) is 0.638. The first kappa shape index (κ1) is 17.2. The first-order valence-corrected chi connectivity index (χ1v) is 8.77. The maximum atomic E-state index is 6.16. The number of nitrogens with zero attached hydrogens (tertiary/aromatic N) is 6. The number of aryl methyl sites for hydroxylation is 4. The summed E-state index contributed by atoms with van der Waals surface area (Å²) in [5.74, 6) is 1.11. The standard InChI is InChI=1S/C15H18BrClN6O/c1-8-12(16)7-23(20-8)11(4)15-19-18-13(24-15)5-6-22-10(3)14(17)9(2)21-22/h7,11H,5-6H2,1-4H3. The Labute approximate surface area is 153 Å². The highest BCUT2D eigenvalue weighted by atomic mass is 79.9. The summed E-state index contributed by atoms with van der Waals surface area (Å²) in [7, 11) is 0. The van der Waals surface area contributed by atoms with Crippen LogP contribution in [-0.4, -0.2) is 29.8 Å². The van der Waals surface area contributed by atoms with Gasteiger partial charge < -0.3 is 4.42 Å². The Balaban J connectivity index is 1.70. The van der Waals surface area contributed by atoms with Crippen LogP contribution in [0.25, 0.3) is 0 Å². The molecule has 7 nitrogen and oxygen atoms in total. The summed E-state index contributed by atoms with van der Waals surface area (Å²) in [5, 5.41) is 17.8. The lowest BCUT2D eigenvalue weighted by atomic mass is 10.3. The molecule has 0 aromatic carbocycles. The van der Waals surface area contributed by atoms with Gasteiger partial charge in [0.25, 0.3) is 0 Å². The molecule has 3 aromatic rings. The molecule has 0 N–H and O–H groups in total. The van der Waals surface area contributed by atoms with Crippen LogP contribution in [0, 0.1) is 20.8 Å². The number of aromatic nitrogens is 6. The minimum Gasteiger partial charge on any atom is -0.423 e. The molecule has 3 rings (SSSR count). The van der Waals surface area contributed by atoms with Crippen LogP contribution in [0.2, 0.25) is 5.02 Å². The largest absolute Gasteiger partial charge is 0.423 e. The van der Waals surface area contributed by atoms with E-state index in [1.165, 1.54) is 0 Å². The van der Waals surface area contributed by atoms with Crippen molar-refractivity contribution >= 4 is 27.5 Å². The fraction of sp³-hybridized carbons (Fsp3) is 0.467. The van der Waals surface area contributed by atoms with Gasteiger partial charge in [-0.3, -0.25) is 9.36 Å². The summed E-state index contributed by atoms with van der Waals surface area (Å²) in [6.45, 7) is 8.38. The van der Waals surface area contributed by atoms with Crippen molar-refractivity contribution in [2.24, 2.45) is 0 Å². The molecule has 3 heterocycles. The molecule has 0 aliphatic heterocycles. The van der Waals surface area contributed by atoms with Gasteiger partial charge in [0.1, 0.15) is 6.04 Å². The van der Waals surface area contributed by atoms with Gasteiger partial charge in [0.15, 0.2) is 0 Å². The van der Waals surface area contributed by atoms with Crippen LogP contribution in [-0.2, 0) is 13.0 Å². The average Bonchev–Trinajstić information content (AvgIpc) is 3.21. The third-order valence-corrected chi connectivity index (χ3v) is 5.25. The second kappa shape index (κ2) is 6.68. The fourth-order valence-corrected chi connectivity index (χ4v) is 2.83. The van der Waals surface area contributed by atoms with Crippen molar-refractivity contribution < 1.29 is 4.42 Å². The highest BCUT2D eigenvalue weighted by Gasteiger charge is 2.18. The van der Waals surface area contributed by atoms with Gasteiger partial charge in [0.05, 0.1) is 26.6 Å². The van der Waals surface area contributed by atoms with Gasteiger partial charge >= 0.3 is 0 Å². The molecular formula is C15H18BrClN6O. The molecule has 1 unspecified atom stereocenters. The van der Waals surface area contributed by atoms with Gasteiger partial charge in [-0.05, 0) is 43.6 Å². The summed E-state index contributed by atoms with van der Waals surface area (Å²) >= 11 is 9.62. The van der Waals surface area contributed by atoms with E-state index in [1.54, 1.807) is 4.68 Å². The molecule has 128 valence electrons. The smallest absolute Gasteiger partial charge is 0.240 e. The Hall–Kier alpha value is -1.67. The van der Waals surface area contributed by atoms with Crippen LogP contribution in [0.15, 0.2) is 15.1 Å². The number of halogens is 2. The summed E-state index contributed by atoms with van der Waals surface area (Å²) in [6, 6.07) is -0.126. The lowest BCUT2D eigenvalue weighted by Gasteiger charge is -2.06. The van der Waals surface area contributed by atoms with Crippen molar-refractivity contribution in [3.63, 3.8) is 0 Å². The third-order valence-electron chi connectivity index (χ3n) is 3.92. The van der Waals surface area contributed by atoms with Crippen molar-refractivity contribution in [2.75, 3.05) is 0 Å². The third kappa shape index (κ3) is 3.25. The maximum Gasteiger partial charge on any atom is 0.240 e. The molecular weight excluding hydrogens is 396 g/mol. The lowest BCUT2D eigenvalue weighted by Crippen LogP contribution is -2.08. The normalized spacial score (nSPS) is 12.8. The van der Waals surface area contributed by atoms with Gasteiger partial charge in [-0.25, -0.2) is 0 Å². The van der Waals surface area contributed by atoms with Crippen molar-refractivity contribution in [1.29, 1.82) is 0 Å². The average molecular weight is 414 g/mol. The molecule has 0 spiro atoms. The van der Waals surface area contributed by atoms with E-state index in [4.69, 9.17) is 16.0 Å². The van der Waals surface area contributed by atoms with Gasteiger partial charge in [-0.15, -0.1) is 10.2 Å². The zero-order valence-electron chi connectivity index (χ0n) is 13.9. The van der Waals surface area contributed by atoms with E-state index in [9.17, 15) is 0 Å². The van der Waals surface area contributed by atoms with Crippen molar-refractivity contribution in [3.05, 3.63) is 44.6 Å². The Bertz CT molecular complexity index is 848. The van der Waals surface area contributed by atoms with Crippen LogP contribution >= 0.6 is 27.5 Å². The molecule has 3 aromatic heterocycles. The Kier molecular flexibility index (Phi) is 4.78. The molecule has 24 heavy (non-hydrogen) atoms. The minimum absolute atomic E-state index is 0.126. The second-order valence-corrected chi connectivity index (χ2v) is 6.94. The Morgan fingerprint density at radius 1 is 1.21 bits per heavy atom. The predicted octanol–water partition coefficient (Wildman–Crippen LogP) is 3.66. The monoisotopic (exact) mass is 412 g/mol. The molecule has 0 radical (unpaired) electrons. The first-order valence-electron chi connectivity index (χ1n) is 7.60. The van der Waals surface area contributed by atoms with Gasteiger partial charge in [-0.1, -0.05) is 11.6 Å². The summed E-state index contributed by atoms with van der Waals surface area (Å²) in [4.78, 5) is 0. The van der Waals surface area contributed by atoms with Crippen molar-refractivity contribution in [1.82, 2.24) is 29.8 Å². The molecule has 0 bridgehead atoms. The van der Waals surface area contributed by atoms with E-state index in [0.29, 0.717) is 29.8 Å². The van der Waals surface area contributed by atoms with E-state index in [1.807, 2.05) is 38.6 Å². The van der Waals surface area contributed by atoms with Crippen LogP contribution < -0.4 is 0 Å². The second-order valence-electron chi connectivity index (χ2n) is 5.71. The maximum absolute atomic E-state index is 6.16. The van der Waals surface area contributed by atoms with Gasteiger partial charge in [-0.2, -0.15) is 10.2 Å². The predicted molar refractivity (Wildman–Crippen MR) is 93.2 cm³/mol. The van der Waals surface area contributed by atoms with Gasteiger partial charge in [0.2, 0.25) is 11.8 Å². The van der Waals surface area contributed by atoms with E-state index in [-0.39, 0.29) is 6.04 Å². The molecule has 9 heteroatoms. The molecule has 0 amide bonds. The molecule has 0 saturated heterocycles. The van der Waals surface area contributed by atoms with E-state index in [0.717, 1.165) is 21.6 Å². The zero-order chi connectivity index (χ0) is 17.4. The topological polar surface area (TPSA) is 74.6 Å². The number of hydrogen-bond donors (Lipinski definition) is 0. The number of hydrogen-bond acceptors (Lipinski definition) is 5.